The van der Waals surface area contributed by atoms with E-state index in [0.717, 1.165) is 17.0 Å². The average molecular weight is 191 g/mol. The highest BCUT2D eigenvalue weighted by atomic mass is 32.1. The Morgan fingerprint density at radius 1 is 1.38 bits per heavy atom. The fraction of sp³-hybridized carbons (Fsp3) is 0.100. The van der Waals surface area contributed by atoms with Crippen LogP contribution in [0.15, 0.2) is 35.2 Å². The third-order valence-corrected chi connectivity index (χ3v) is 2.47. The Kier molecular flexibility index (Phi) is 2.27. The Hall–Kier alpha value is -1.35. The van der Waals surface area contributed by atoms with Gasteiger partial charge in [-0.2, -0.15) is 11.3 Å². The van der Waals surface area contributed by atoms with Gasteiger partial charge in [0.15, 0.2) is 0 Å². The van der Waals surface area contributed by atoms with E-state index < -0.39 is 0 Å². The van der Waals surface area contributed by atoms with Crippen molar-refractivity contribution in [1.82, 2.24) is 4.98 Å². The van der Waals surface area contributed by atoms with E-state index >= 15 is 0 Å². The first-order valence-corrected chi connectivity index (χ1v) is 4.87. The molecule has 2 heterocycles. The molecule has 0 bridgehead atoms. The van der Waals surface area contributed by atoms with Crippen molar-refractivity contribution in [3.8, 4) is 17.0 Å². The van der Waals surface area contributed by atoms with Crippen LogP contribution in [0.4, 0.5) is 0 Å². The van der Waals surface area contributed by atoms with Gasteiger partial charge in [-0.25, -0.2) is 0 Å². The van der Waals surface area contributed by atoms with Crippen molar-refractivity contribution in [1.29, 1.82) is 0 Å². The summed E-state index contributed by atoms with van der Waals surface area (Å²) in [5.74, 6) is 0.820. The van der Waals surface area contributed by atoms with Crippen molar-refractivity contribution < 1.29 is 4.74 Å². The largest absolute Gasteiger partial charge is 0.494 e. The highest BCUT2D eigenvalue weighted by molar-refractivity contribution is 7.08. The molecule has 0 unspecified atom stereocenters. The zero-order chi connectivity index (χ0) is 9.10. The molecule has 0 amide bonds. The van der Waals surface area contributed by atoms with Crippen LogP contribution in [0.2, 0.25) is 0 Å². The minimum Gasteiger partial charge on any atom is -0.494 e. The summed E-state index contributed by atoms with van der Waals surface area (Å²) in [6.45, 7) is 0. The third-order valence-electron chi connectivity index (χ3n) is 1.79. The molecule has 0 saturated carbocycles. The van der Waals surface area contributed by atoms with Crippen molar-refractivity contribution in [3.63, 3.8) is 0 Å². The van der Waals surface area contributed by atoms with Crippen LogP contribution in [-0.2, 0) is 0 Å². The lowest BCUT2D eigenvalue weighted by atomic mass is 10.2. The lowest BCUT2D eigenvalue weighted by molar-refractivity contribution is 0.415. The predicted molar refractivity (Wildman–Crippen MR) is 54.1 cm³/mol. The molecule has 0 atom stereocenters. The van der Waals surface area contributed by atoms with Gasteiger partial charge in [0, 0.05) is 17.1 Å². The van der Waals surface area contributed by atoms with E-state index in [2.05, 4.69) is 10.4 Å². The Bertz CT molecular complexity index is 384. The maximum Gasteiger partial charge on any atom is 0.145 e. The van der Waals surface area contributed by atoms with Crippen molar-refractivity contribution in [2.45, 2.75) is 0 Å². The zero-order valence-corrected chi connectivity index (χ0v) is 8.04. The molecule has 2 nitrogen and oxygen atoms in total. The molecule has 0 N–H and O–H groups in total. The van der Waals surface area contributed by atoms with Crippen LogP contribution in [-0.4, -0.2) is 12.1 Å². The van der Waals surface area contributed by atoms with Crippen LogP contribution in [0.3, 0.4) is 0 Å². The highest BCUT2D eigenvalue weighted by Gasteiger charge is 2.05. The lowest BCUT2D eigenvalue weighted by Crippen LogP contribution is -1.88. The molecular formula is C10H9NOS. The fourth-order valence-electron chi connectivity index (χ4n) is 1.17. The summed E-state index contributed by atoms with van der Waals surface area (Å²) >= 11 is 1.66. The van der Waals surface area contributed by atoms with E-state index in [0.29, 0.717) is 0 Å². The molecule has 3 heteroatoms. The molecule has 13 heavy (non-hydrogen) atoms. The molecule has 0 aliphatic carbocycles. The van der Waals surface area contributed by atoms with E-state index in [1.807, 2.05) is 23.6 Å². The van der Waals surface area contributed by atoms with Crippen molar-refractivity contribution in [3.05, 3.63) is 35.2 Å². The van der Waals surface area contributed by atoms with Gasteiger partial charge in [0.1, 0.15) is 11.4 Å². The Morgan fingerprint density at radius 3 is 3.00 bits per heavy atom. The molecule has 0 fully saturated rings. The number of methoxy groups -OCH3 is 1. The molecule has 2 aromatic heterocycles. The van der Waals surface area contributed by atoms with Crippen molar-refractivity contribution in [2.24, 2.45) is 0 Å². The van der Waals surface area contributed by atoms with Gasteiger partial charge in [0.05, 0.1) is 7.11 Å². The number of hydrogen-bond acceptors (Lipinski definition) is 3. The van der Waals surface area contributed by atoms with Gasteiger partial charge >= 0.3 is 0 Å². The second-order valence-electron chi connectivity index (χ2n) is 2.57. The summed E-state index contributed by atoms with van der Waals surface area (Å²) in [4.78, 5) is 4.27. The predicted octanol–water partition coefficient (Wildman–Crippen LogP) is 2.82. The second-order valence-corrected chi connectivity index (χ2v) is 3.35. The summed E-state index contributed by atoms with van der Waals surface area (Å²) in [5.41, 5.74) is 2.02. The maximum atomic E-state index is 5.21. The molecule has 2 rings (SSSR count). The number of aromatic nitrogens is 1. The highest BCUT2D eigenvalue weighted by Crippen LogP contribution is 2.28. The van der Waals surface area contributed by atoms with E-state index in [-0.39, 0.29) is 0 Å². The Balaban J connectivity index is 2.51. The number of pyridine rings is 1. The van der Waals surface area contributed by atoms with Crippen LogP contribution in [0.1, 0.15) is 0 Å². The van der Waals surface area contributed by atoms with E-state index in [1.54, 1.807) is 24.6 Å². The fourth-order valence-corrected chi connectivity index (χ4v) is 1.81. The maximum absolute atomic E-state index is 5.21. The monoisotopic (exact) mass is 191 g/mol. The summed E-state index contributed by atoms with van der Waals surface area (Å²) in [6, 6.07) is 5.82. The average Bonchev–Trinajstić information content (AvgIpc) is 2.70. The van der Waals surface area contributed by atoms with E-state index in [9.17, 15) is 0 Å². The third kappa shape index (κ3) is 1.55. The quantitative estimate of drug-likeness (QED) is 0.728. The first-order chi connectivity index (χ1) is 6.42. The van der Waals surface area contributed by atoms with Gasteiger partial charge in [-0.1, -0.05) is 0 Å². The number of rotatable bonds is 2. The van der Waals surface area contributed by atoms with E-state index in [4.69, 9.17) is 4.74 Å². The van der Waals surface area contributed by atoms with Gasteiger partial charge in [0.2, 0.25) is 0 Å². The molecule has 0 saturated heterocycles. The van der Waals surface area contributed by atoms with Crippen LogP contribution in [0, 0.1) is 0 Å². The molecule has 66 valence electrons. The zero-order valence-electron chi connectivity index (χ0n) is 7.23. The molecule has 0 spiro atoms. The summed E-state index contributed by atoms with van der Waals surface area (Å²) in [5, 5.41) is 4.09. The van der Waals surface area contributed by atoms with Gasteiger partial charge in [0.25, 0.3) is 0 Å². The SMILES string of the molecule is COc1cccnc1-c1ccsc1. The molecule has 0 radical (unpaired) electrons. The first-order valence-electron chi connectivity index (χ1n) is 3.93. The number of ether oxygens (including phenoxy) is 1. The molecule has 0 aromatic carbocycles. The number of hydrogen-bond donors (Lipinski definition) is 0. The van der Waals surface area contributed by atoms with Crippen LogP contribution in [0.25, 0.3) is 11.3 Å². The van der Waals surface area contributed by atoms with Crippen LogP contribution < -0.4 is 4.74 Å². The summed E-state index contributed by atoms with van der Waals surface area (Å²) in [7, 11) is 1.66. The number of thiophene rings is 1. The second kappa shape index (κ2) is 3.58. The first kappa shape index (κ1) is 8.26. The van der Waals surface area contributed by atoms with E-state index in [1.165, 1.54) is 0 Å². The number of nitrogens with zero attached hydrogens (tertiary/aromatic N) is 1. The summed E-state index contributed by atoms with van der Waals surface area (Å²) in [6.07, 6.45) is 1.77. The summed E-state index contributed by atoms with van der Waals surface area (Å²) < 4.78 is 5.21. The Morgan fingerprint density at radius 2 is 2.31 bits per heavy atom. The minimum absolute atomic E-state index is 0.820. The van der Waals surface area contributed by atoms with Crippen molar-refractivity contribution >= 4 is 11.3 Å². The molecular weight excluding hydrogens is 182 g/mol. The Labute approximate surface area is 80.8 Å². The van der Waals surface area contributed by atoms with Crippen LogP contribution in [0.5, 0.6) is 5.75 Å². The van der Waals surface area contributed by atoms with Crippen molar-refractivity contribution in [2.75, 3.05) is 7.11 Å². The minimum atomic E-state index is 0.820. The van der Waals surface area contributed by atoms with Gasteiger partial charge in [-0.05, 0) is 23.6 Å². The van der Waals surface area contributed by atoms with Gasteiger partial charge < -0.3 is 4.74 Å². The van der Waals surface area contributed by atoms with Gasteiger partial charge in [-0.15, -0.1) is 0 Å². The van der Waals surface area contributed by atoms with Crippen LogP contribution >= 0.6 is 11.3 Å². The smallest absolute Gasteiger partial charge is 0.145 e. The standard InChI is InChI=1S/C10H9NOS/c1-12-9-3-2-5-11-10(9)8-4-6-13-7-8/h2-7H,1H3. The molecule has 0 aliphatic rings. The topological polar surface area (TPSA) is 22.1 Å². The normalized spacial score (nSPS) is 9.92. The lowest BCUT2D eigenvalue weighted by Gasteiger charge is -2.04. The molecule has 0 aliphatic heterocycles. The van der Waals surface area contributed by atoms with Gasteiger partial charge in [-0.3, -0.25) is 4.98 Å². The molecule has 2 aromatic rings.